The van der Waals surface area contributed by atoms with Crippen LogP contribution in [-0.4, -0.2) is 38.1 Å². The van der Waals surface area contributed by atoms with Crippen LogP contribution in [0.4, 0.5) is 0 Å². The monoisotopic (exact) mass is 344 g/mol. The minimum Gasteiger partial charge on any atom is -0.493 e. The molecule has 3 rings (SSSR count). The predicted molar refractivity (Wildman–Crippen MR) is 93.5 cm³/mol. The standard InChI is InChI=1S/C19H24N2O4/c1-24-16-8-4-5-9-17(16)25-11-10-20-18(22)12-14-13-6-2-3-7-15(13)21-19(14)23/h4-5,8-9,15H,2-3,6-7,10-12H2,1H3,(H,20,22)(H,21,23). The lowest BCUT2D eigenvalue weighted by molar-refractivity contribution is -0.123. The summed E-state index contributed by atoms with van der Waals surface area (Å²) in [6.07, 6.45) is 4.28. The van der Waals surface area contributed by atoms with Gasteiger partial charge < -0.3 is 20.1 Å². The molecular weight excluding hydrogens is 320 g/mol. The summed E-state index contributed by atoms with van der Waals surface area (Å²) in [5.74, 6) is 1.07. The molecule has 2 N–H and O–H groups in total. The normalized spacial score (nSPS) is 19.2. The van der Waals surface area contributed by atoms with E-state index < -0.39 is 0 Å². The van der Waals surface area contributed by atoms with Crippen molar-refractivity contribution in [3.05, 3.63) is 35.4 Å². The molecule has 1 unspecified atom stereocenters. The number of hydrogen-bond acceptors (Lipinski definition) is 4. The van der Waals surface area contributed by atoms with Crippen molar-refractivity contribution in [3.8, 4) is 11.5 Å². The van der Waals surface area contributed by atoms with E-state index in [2.05, 4.69) is 10.6 Å². The predicted octanol–water partition coefficient (Wildman–Crippen LogP) is 1.95. The Balaban J connectivity index is 1.46. The fraction of sp³-hybridized carbons (Fsp3) is 0.474. The van der Waals surface area contributed by atoms with Crippen molar-refractivity contribution in [1.82, 2.24) is 10.6 Å². The van der Waals surface area contributed by atoms with E-state index >= 15 is 0 Å². The summed E-state index contributed by atoms with van der Waals surface area (Å²) < 4.78 is 10.8. The average Bonchev–Trinajstić information content (AvgIpc) is 2.94. The number of methoxy groups -OCH3 is 1. The summed E-state index contributed by atoms with van der Waals surface area (Å²) in [7, 11) is 1.59. The van der Waals surface area contributed by atoms with Gasteiger partial charge >= 0.3 is 0 Å². The molecule has 1 heterocycles. The smallest absolute Gasteiger partial charge is 0.248 e. The number of carbonyl (C=O) groups is 2. The highest BCUT2D eigenvalue weighted by molar-refractivity contribution is 6.02. The van der Waals surface area contributed by atoms with Crippen LogP contribution in [0.1, 0.15) is 32.1 Å². The molecule has 6 heteroatoms. The number of ether oxygens (including phenoxy) is 2. The number of nitrogens with one attached hydrogen (secondary N) is 2. The molecule has 1 atom stereocenters. The second kappa shape index (κ2) is 8.05. The van der Waals surface area contributed by atoms with Gasteiger partial charge in [0.1, 0.15) is 6.61 Å². The molecule has 0 radical (unpaired) electrons. The SMILES string of the molecule is COc1ccccc1OCCNC(=O)CC1=C2CCCCC2NC1=O. The number of carbonyl (C=O) groups excluding carboxylic acids is 2. The summed E-state index contributed by atoms with van der Waals surface area (Å²) in [5, 5.41) is 5.80. The average molecular weight is 344 g/mol. The first-order valence-corrected chi connectivity index (χ1v) is 8.74. The Morgan fingerprint density at radius 2 is 2.08 bits per heavy atom. The van der Waals surface area contributed by atoms with Crippen LogP contribution in [0.5, 0.6) is 11.5 Å². The molecule has 1 aliphatic heterocycles. The van der Waals surface area contributed by atoms with Crippen molar-refractivity contribution in [2.75, 3.05) is 20.3 Å². The van der Waals surface area contributed by atoms with Gasteiger partial charge in [0.05, 0.1) is 26.1 Å². The Kier molecular flexibility index (Phi) is 5.58. The summed E-state index contributed by atoms with van der Waals surface area (Å²) >= 11 is 0. The molecule has 25 heavy (non-hydrogen) atoms. The van der Waals surface area contributed by atoms with Gasteiger partial charge in [-0.05, 0) is 37.0 Å². The number of para-hydroxylation sites is 2. The van der Waals surface area contributed by atoms with Gasteiger partial charge in [-0.1, -0.05) is 18.6 Å². The molecule has 0 spiro atoms. The number of amides is 2. The molecule has 134 valence electrons. The number of benzene rings is 1. The van der Waals surface area contributed by atoms with Crippen molar-refractivity contribution < 1.29 is 19.1 Å². The Bertz CT molecular complexity index is 684. The lowest BCUT2D eigenvalue weighted by Gasteiger charge is -2.20. The number of hydrogen-bond donors (Lipinski definition) is 2. The molecule has 2 amide bonds. The largest absolute Gasteiger partial charge is 0.493 e. The molecule has 0 saturated heterocycles. The van der Waals surface area contributed by atoms with Crippen molar-refractivity contribution in [1.29, 1.82) is 0 Å². The van der Waals surface area contributed by atoms with E-state index in [1.165, 1.54) is 0 Å². The van der Waals surface area contributed by atoms with E-state index in [0.717, 1.165) is 31.3 Å². The van der Waals surface area contributed by atoms with Crippen LogP contribution in [0.25, 0.3) is 0 Å². The van der Waals surface area contributed by atoms with Crippen molar-refractivity contribution in [2.24, 2.45) is 0 Å². The zero-order chi connectivity index (χ0) is 17.6. The van der Waals surface area contributed by atoms with E-state index in [0.29, 0.717) is 30.2 Å². The molecule has 1 aromatic rings. The van der Waals surface area contributed by atoms with Crippen LogP contribution in [0, 0.1) is 0 Å². The van der Waals surface area contributed by atoms with E-state index in [1.807, 2.05) is 24.3 Å². The topological polar surface area (TPSA) is 76.7 Å². The Hall–Kier alpha value is -2.50. The van der Waals surface area contributed by atoms with Gasteiger partial charge in [0.15, 0.2) is 11.5 Å². The second-order valence-corrected chi connectivity index (χ2v) is 6.30. The van der Waals surface area contributed by atoms with Gasteiger partial charge in [-0.15, -0.1) is 0 Å². The highest BCUT2D eigenvalue weighted by atomic mass is 16.5. The molecule has 0 bridgehead atoms. The molecule has 1 aromatic carbocycles. The fourth-order valence-electron chi connectivity index (χ4n) is 3.43. The molecule has 0 aromatic heterocycles. The molecule has 6 nitrogen and oxygen atoms in total. The van der Waals surface area contributed by atoms with Crippen LogP contribution in [0.2, 0.25) is 0 Å². The first-order chi connectivity index (χ1) is 12.2. The van der Waals surface area contributed by atoms with Crippen LogP contribution >= 0.6 is 0 Å². The first-order valence-electron chi connectivity index (χ1n) is 8.74. The number of rotatable bonds is 7. The maximum Gasteiger partial charge on any atom is 0.248 e. The van der Waals surface area contributed by atoms with E-state index in [9.17, 15) is 9.59 Å². The van der Waals surface area contributed by atoms with E-state index in [4.69, 9.17) is 9.47 Å². The first kappa shape index (κ1) is 17.3. The maximum atomic E-state index is 12.1. The lowest BCUT2D eigenvalue weighted by atomic mass is 9.89. The zero-order valence-corrected chi connectivity index (χ0v) is 14.5. The fourth-order valence-corrected chi connectivity index (χ4v) is 3.43. The Morgan fingerprint density at radius 3 is 2.88 bits per heavy atom. The zero-order valence-electron chi connectivity index (χ0n) is 14.5. The summed E-state index contributed by atoms with van der Waals surface area (Å²) in [4.78, 5) is 24.2. The van der Waals surface area contributed by atoms with Crippen LogP contribution in [-0.2, 0) is 9.59 Å². The Labute approximate surface area is 147 Å². The van der Waals surface area contributed by atoms with Gasteiger partial charge in [-0.3, -0.25) is 9.59 Å². The Morgan fingerprint density at radius 1 is 1.28 bits per heavy atom. The van der Waals surface area contributed by atoms with Gasteiger partial charge in [0.25, 0.3) is 0 Å². The van der Waals surface area contributed by atoms with Crippen molar-refractivity contribution >= 4 is 11.8 Å². The highest BCUT2D eigenvalue weighted by Crippen LogP contribution is 2.32. The molecule has 1 fully saturated rings. The third-order valence-electron chi connectivity index (χ3n) is 4.66. The summed E-state index contributed by atoms with van der Waals surface area (Å²) in [5.41, 5.74) is 1.80. The molecule has 2 aliphatic rings. The van der Waals surface area contributed by atoms with Crippen molar-refractivity contribution in [2.45, 2.75) is 38.1 Å². The number of fused-ring (bicyclic) bond motifs is 1. The minimum atomic E-state index is -0.146. The van der Waals surface area contributed by atoms with E-state index in [-0.39, 0.29) is 24.3 Å². The molecule has 1 aliphatic carbocycles. The third kappa shape index (κ3) is 4.13. The molecule has 1 saturated carbocycles. The van der Waals surface area contributed by atoms with Gasteiger partial charge in [0.2, 0.25) is 11.8 Å². The summed E-state index contributed by atoms with van der Waals surface area (Å²) in [6, 6.07) is 7.52. The van der Waals surface area contributed by atoms with Gasteiger partial charge in [-0.2, -0.15) is 0 Å². The van der Waals surface area contributed by atoms with Crippen LogP contribution < -0.4 is 20.1 Å². The maximum absolute atomic E-state index is 12.1. The minimum absolute atomic E-state index is 0.0812. The van der Waals surface area contributed by atoms with Crippen LogP contribution in [0.3, 0.4) is 0 Å². The molecular formula is C19H24N2O4. The third-order valence-corrected chi connectivity index (χ3v) is 4.66. The van der Waals surface area contributed by atoms with E-state index in [1.54, 1.807) is 7.11 Å². The highest BCUT2D eigenvalue weighted by Gasteiger charge is 2.33. The quantitative estimate of drug-likeness (QED) is 0.741. The second-order valence-electron chi connectivity index (χ2n) is 6.30. The van der Waals surface area contributed by atoms with Gasteiger partial charge in [0, 0.05) is 5.57 Å². The van der Waals surface area contributed by atoms with Crippen LogP contribution in [0.15, 0.2) is 35.4 Å². The van der Waals surface area contributed by atoms with Crippen molar-refractivity contribution in [3.63, 3.8) is 0 Å². The summed E-state index contributed by atoms with van der Waals surface area (Å²) in [6.45, 7) is 0.720. The lowest BCUT2D eigenvalue weighted by Crippen LogP contribution is -2.31. The van der Waals surface area contributed by atoms with Gasteiger partial charge in [-0.25, -0.2) is 0 Å².